The van der Waals surface area contributed by atoms with E-state index in [9.17, 15) is 9.18 Å². The molecule has 14 heavy (non-hydrogen) atoms. The minimum absolute atomic E-state index is 0.0217. The van der Waals surface area contributed by atoms with E-state index >= 15 is 0 Å². The molecule has 0 bridgehead atoms. The van der Waals surface area contributed by atoms with Gasteiger partial charge < -0.3 is 5.32 Å². The van der Waals surface area contributed by atoms with Crippen LogP contribution < -0.4 is 5.32 Å². The number of alkyl halides is 1. The van der Waals surface area contributed by atoms with Gasteiger partial charge in [-0.1, -0.05) is 0 Å². The fourth-order valence-electron chi connectivity index (χ4n) is 1.59. The first-order valence-electron chi connectivity index (χ1n) is 5.04. The van der Waals surface area contributed by atoms with E-state index in [4.69, 9.17) is 0 Å². The number of carbonyl (C=O) groups is 1. The van der Waals surface area contributed by atoms with Crippen LogP contribution in [0.4, 0.5) is 4.39 Å². The van der Waals surface area contributed by atoms with Crippen LogP contribution in [-0.2, 0) is 4.79 Å². The Kier molecular flexibility index (Phi) is 3.48. The molecule has 1 aliphatic heterocycles. The van der Waals surface area contributed by atoms with Gasteiger partial charge in [0.1, 0.15) is 6.17 Å². The molecule has 1 atom stereocenters. The Bertz CT molecular complexity index is 213. The third-order valence-corrected chi connectivity index (χ3v) is 2.10. The number of amides is 1. The molecule has 1 fully saturated rings. The van der Waals surface area contributed by atoms with Crippen LogP contribution in [0, 0.1) is 0 Å². The fourth-order valence-corrected chi connectivity index (χ4v) is 1.59. The van der Waals surface area contributed by atoms with E-state index in [0.717, 1.165) is 0 Å². The lowest BCUT2D eigenvalue weighted by Gasteiger charge is -2.22. The summed E-state index contributed by atoms with van der Waals surface area (Å²) in [5.74, 6) is -0.0217. The zero-order valence-electron chi connectivity index (χ0n) is 9.14. The molecule has 1 N–H and O–H groups in total. The van der Waals surface area contributed by atoms with Gasteiger partial charge in [0, 0.05) is 18.6 Å². The first-order chi connectivity index (χ1) is 6.37. The van der Waals surface area contributed by atoms with Crippen LogP contribution in [0.1, 0.15) is 27.2 Å². The van der Waals surface area contributed by atoms with Gasteiger partial charge in [-0.15, -0.1) is 0 Å². The number of carbonyl (C=O) groups excluding carboxylic acids is 1. The number of halogens is 1. The molecule has 0 aliphatic carbocycles. The summed E-state index contributed by atoms with van der Waals surface area (Å²) < 4.78 is 12.8. The summed E-state index contributed by atoms with van der Waals surface area (Å²) in [7, 11) is 0. The van der Waals surface area contributed by atoms with Gasteiger partial charge in [-0.05, 0) is 27.2 Å². The highest BCUT2D eigenvalue weighted by Gasteiger charge is 2.24. The second-order valence-corrected chi connectivity index (χ2v) is 4.92. The van der Waals surface area contributed by atoms with Gasteiger partial charge in [0.15, 0.2) is 0 Å². The summed E-state index contributed by atoms with van der Waals surface area (Å²) in [5, 5.41) is 2.86. The van der Waals surface area contributed by atoms with E-state index < -0.39 is 6.17 Å². The van der Waals surface area contributed by atoms with Crippen LogP contribution in [0.15, 0.2) is 0 Å². The molecule has 0 saturated carbocycles. The largest absolute Gasteiger partial charge is 0.350 e. The summed E-state index contributed by atoms with van der Waals surface area (Å²) in [6.45, 7) is 7.22. The molecule has 1 heterocycles. The predicted molar refractivity (Wildman–Crippen MR) is 53.8 cm³/mol. The molecule has 0 spiro atoms. The smallest absolute Gasteiger partial charge is 0.234 e. The van der Waals surface area contributed by atoms with Gasteiger partial charge in [-0.2, -0.15) is 0 Å². The van der Waals surface area contributed by atoms with Crippen molar-refractivity contribution < 1.29 is 9.18 Å². The standard InChI is InChI=1S/C10H19FN2O/c1-10(2,3)12-9(14)7-13-5-4-8(11)6-13/h8H,4-7H2,1-3H3,(H,12,14). The molecule has 0 radical (unpaired) electrons. The maximum atomic E-state index is 12.8. The number of hydrogen-bond acceptors (Lipinski definition) is 2. The number of rotatable bonds is 2. The van der Waals surface area contributed by atoms with Crippen molar-refractivity contribution in [3.63, 3.8) is 0 Å². The Hall–Kier alpha value is -0.640. The SMILES string of the molecule is CC(C)(C)NC(=O)CN1CCC(F)C1. The molecular formula is C10H19FN2O. The van der Waals surface area contributed by atoms with Gasteiger partial charge in [-0.25, -0.2) is 4.39 Å². The van der Waals surface area contributed by atoms with E-state index in [2.05, 4.69) is 5.32 Å². The molecule has 1 aliphatic rings. The summed E-state index contributed by atoms with van der Waals surface area (Å²) in [6.07, 6.45) is -0.194. The van der Waals surface area contributed by atoms with Crippen LogP contribution in [-0.4, -0.2) is 42.2 Å². The van der Waals surface area contributed by atoms with Crippen molar-refractivity contribution in [2.24, 2.45) is 0 Å². The monoisotopic (exact) mass is 202 g/mol. The second kappa shape index (κ2) is 4.26. The van der Waals surface area contributed by atoms with E-state index in [0.29, 0.717) is 26.1 Å². The minimum Gasteiger partial charge on any atom is -0.350 e. The second-order valence-electron chi connectivity index (χ2n) is 4.92. The van der Waals surface area contributed by atoms with Crippen LogP contribution in [0.2, 0.25) is 0 Å². The Morgan fingerprint density at radius 1 is 1.57 bits per heavy atom. The molecule has 0 aromatic carbocycles. The molecule has 0 aromatic rings. The van der Waals surface area contributed by atoms with Crippen molar-refractivity contribution in [2.45, 2.75) is 38.9 Å². The van der Waals surface area contributed by atoms with Gasteiger partial charge in [-0.3, -0.25) is 9.69 Å². The number of nitrogens with one attached hydrogen (secondary N) is 1. The van der Waals surface area contributed by atoms with Crippen molar-refractivity contribution in [3.8, 4) is 0 Å². The summed E-state index contributed by atoms with van der Waals surface area (Å²) in [5.41, 5.74) is -0.202. The summed E-state index contributed by atoms with van der Waals surface area (Å²) in [6, 6.07) is 0. The van der Waals surface area contributed by atoms with Gasteiger partial charge in [0.2, 0.25) is 5.91 Å². The van der Waals surface area contributed by atoms with Gasteiger partial charge in [0.05, 0.1) is 6.54 Å². The van der Waals surface area contributed by atoms with Crippen LogP contribution in [0.25, 0.3) is 0 Å². The lowest BCUT2D eigenvalue weighted by Crippen LogP contribution is -2.45. The highest BCUT2D eigenvalue weighted by Crippen LogP contribution is 2.11. The minimum atomic E-state index is -0.752. The first kappa shape index (κ1) is 11.4. The van der Waals surface area contributed by atoms with Crippen molar-refractivity contribution >= 4 is 5.91 Å². The summed E-state index contributed by atoms with van der Waals surface area (Å²) >= 11 is 0. The lowest BCUT2D eigenvalue weighted by atomic mass is 10.1. The number of hydrogen-bond donors (Lipinski definition) is 1. The van der Waals surface area contributed by atoms with E-state index in [1.54, 1.807) is 0 Å². The van der Waals surface area contributed by atoms with Crippen LogP contribution in [0.5, 0.6) is 0 Å². The first-order valence-corrected chi connectivity index (χ1v) is 5.04. The molecular weight excluding hydrogens is 183 g/mol. The molecule has 1 unspecified atom stereocenters. The maximum Gasteiger partial charge on any atom is 0.234 e. The zero-order chi connectivity index (χ0) is 10.8. The van der Waals surface area contributed by atoms with Crippen molar-refractivity contribution in [2.75, 3.05) is 19.6 Å². The van der Waals surface area contributed by atoms with Crippen molar-refractivity contribution in [1.29, 1.82) is 0 Å². The van der Waals surface area contributed by atoms with Crippen molar-refractivity contribution in [3.05, 3.63) is 0 Å². The molecule has 4 heteroatoms. The highest BCUT2D eigenvalue weighted by atomic mass is 19.1. The molecule has 1 amide bonds. The number of likely N-dealkylation sites (tertiary alicyclic amines) is 1. The summed E-state index contributed by atoms with van der Waals surface area (Å²) in [4.78, 5) is 13.3. The Labute approximate surface area is 84.7 Å². The van der Waals surface area contributed by atoms with E-state index in [-0.39, 0.29) is 11.4 Å². The molecule has 82 valence electrons. The van der Waals surface area contributed by atoms with E-state index in [1.165, 1.54) is 0 Å². The topological polar surface area (TPSA) is 32.3 Å². The molecule has 1 saturated heterocycles. The molecule has 0 aromatic heterocycles. The lowest BCUT2D eigenvalue weighted by molar-refractivity contribution is -0.123. The quantitative estimate of drug-likeness (QED) is 0.723. The van der Waals surface area contributed by atoms with Crippen LogP contribution in [0.3, 0.4) is 0 Å². The predicted octanol–water partition coefficient (Wildman–Crippen LogP) is 0.945. The van der Waals surface area contributed by atoms with Gasteiger partial charge >= 0.3 is 0 Å². The van der Waals surface area contributed by atoms with Crippen molar-refractivity contribution in [1.82, 2.24) is 10.2 Å². The fraction of sp³-hybridized carbons (Fsp3) is 0.900. The highest BCUT2D eigenvalue weighted by molar-refractivity contribution is 5.78. The van der Waals surface area contributed by atoms with Crippen LogP contribution >= 0.6 is 0 Å². The average Bonchev–Trinajstić information content (AvgIpc) is 2.30. The Morgan fingerprint density at radius 3 is 2.64 bits per heavy atom. The maximum absolute atomic E-state index is 12.8. The molecule has 1 rings (SSSR count). The number of nitrogens with zero attached hydrogens (tertiary/aromatic N) is 1. The normalized spacial score (nSPS) is 23.9. The van der Waals surface area contributed by atoms with E-state index in [1.807, 2.05) is 25.7 Å². The third-order valence-electron chi connectivity index (χ3n) is 2.10. The van der Waals surface area contributed by atoms with Gasteiger partial charge in [0.25, 0.3) is 0 Å². The average molecular weight is 202 g/mol. The zero-order valence-corrected chi connectivity index (χ0v) is 9.14. The third kappa shape index (κ3) is 4.05. The molecule has 3 nitrogen and oxygen atoms in total. The Balaban J connectivity index is 2.27. The Morgan fingerprint density at radius 2 is 2.21 bits per heavy atom.